The van der Waals surface area contributed by atoms with Crippen molar-refractivity contribution in [1.29, 1.82) is 0 Å². The van der Waals surface area contributed by atoms with Gasteiger partial charge in [-0.25, -0.2) is 0 Å². The lowest BCUT2D eigenvalue weighted by molar-refractivity contribution is 0.473. The first-order valence-corrected chi connectivity index (χ1v) is 12.2. The third-order valence-electron chi connectivity index (χ3n) is 7.21. The second-order valence-electron chi connectivity index (χ2n) is 10.2. The molecule has 0 aliphatic rings. The summed E-state index contributed by atoms with van der Waals surface area (Å²) in [5, 5.41) is 0. The monoisotopic (exact) mass is 428 g/mol. The largest absolute Gasteiger partial charge is 0.0999 e. The van der Waals surface area contributed by atoms with Gasteiger partial charge in [0.1, 0.15) is 0 Å². The normalized spacial score (nSPS) is 14.0. The van der Waals surface area contributed by atoms with Gasteiger partial charge in [0.25, 0.3) is 0 Å². The van der Waals surface area contributed by atoms with Gasteiger partial charge in [-0.05, 0) is 105 Å². The van der Waals surface area contributed by atoms with Crippen LogP contribution in [0.5, 0.6) is 0 Å². The Morgan fingerprint density at radius 1 is 0.844 bits per heavy atom. The smallest absolute Gasteiger partial charge is 0.0161 e. The highest BCUT2D eigenvalue weighted by atomic mass is 14.2. The van der Waals surface area contributed by atoms with Gasteiger partial charge in [-0.15, -0.1) is 0 Å². The van der Waals surface area contributed by atoms with E-state index in [1.807, 2.05) is 0 Å². The Bertz CT molecular complexity index is 972. The molecule has 0 spiro atoms. The molecule has 0 heterocycles. The molecule has 0 nitrogen and oxygen atoms in total. The first kappa shape index (κ1) is 25.9. The minimum absolute atomic E-state index is 0.493. The van der Waals surface area contributed by atoms with Crippen LogP contribution in [0.4, 0.5) is 0 Å². The molecular weight excluding hydrogens is 384 g/mol. The molecule has 0 bridgehead atoms. The first-order chi connectivity index (χ1) is 15.0. The molecule has 2 rings (SSSR count). The third kappa shape index (κ3) is 6.83. The lowest BCUT2D eigenvalue weighted by Crippen LogP contribution is -2.08. The van der Waals surface area contributed by atoms with Gasteiger partial charge in [0, 0.05) is 0 Å². The number of aryl methyl sites for hydroxylation is 3. The Morgan fingerprint density at radius 3 is 2.12 bits per heavy atom. The molecular formula is C32H44. The number of hydrogen-bond donors (Lipinski definition) is 0. The van der Waals surface area contributed by atoms with Crippen LogP contribution >= 0.6 is 0 Å². The predicted molar refractivity (Wildman–Crippen MR) is 145 cm³/mol. The summed E-state index contributed by atoms with van der Waals surface area (Å²) in [5.41, 5.74) is 11.8. The van der Waals surface area contributed by atoms with Crippen LogP contribution in [0.25, 0.3) is 11.1 Å². The standard InChI is InChI=1S/C32H44/c1-21(2)31-20-30(17-16-25(31)6)28(9)27(8)18-22(3)12-11-13-24(5)29(10)32-19-23(4)14-15-26(32)7/h14-17,19-20,24,27-28H,1,3,10-13,18H2,2,4-9H3. The van der Waals surface area contributed by atoms with Crippen LogP contribution in [0.1, 0.15) is 92.7 Å². The second-order valence-corrected chi connectivity index (χ2v) is 10.2. The molecule has 0 aromatic heterocycles. The quantitative estimate of drug-likeness (QED) is 0.312. The van der Waals surface area contributed by atoms with Crippen LogP contribution in [-0.2, 0) is 0 Å². The van der Waals surface area contributed by atoms with Crippen molar-refractivity contribution in [3.05, 3.63) is 95.1 Å². The predicted octanol–water partition coefficient (Wildman–Crippen LogP) is 9.85. The zero-order valence-electron chi connectivity index (χ0n) is 21.6. The van der Waals surface area contributed by atoms with Crippen LogP contribution in [0, 0.1) is 32.6 Å². The Balaban J connectivity index is 1.87. The van der Waals surface area contributed by atoms with Crippen molar-refractivity contribution in [2.45, 2.75) is 80.1 Å². The molecule has 0 amide bonds. The van der Waals surface area contributed by atoms with Gasteiger partial charge in [0.2, 0.25) is 0 Å². The van der Waals surface area contributed by atoms with Gasteiger partial charge in [0.15, 0.2) is 0 Å². The fourth-order valence-electron chi connectivity index (χ4n) is 4.63. The summed E-state index contributed by atoms with van der Waals surface area (Å²) in [6.07, 6.45) is 4.53. The van der Waals surface area contributed by atoms with Crippen LogP contribution in [-0.4, -0.2) is 0 Å². The average molecular weight is 429 g/mol. The van der Waals surface area contributed by atoms with Crippen molar-refractivity contribution in [2.24, 2.45) is 11.8 Å². The van der Waals surface area contributed by atoms with Gasteiger partial charge in [-0.2, -0.15) is 0 Å². The van der Waals surface area contributed by atoms with E-state index in [1.165, 1.54) is 50.9 Å². The van der Waals surface area contributed by atoms with E-state index < -0.39 is 0 Å². The summed E-state index contributed by atoms with van der Waals surface area (Å²) < 4.78 is 0. The molecule has 0 fully saturated rings. The maximum absolute atomic E-state index is 4.43. The summed E-state index contributed by atoms with van der Waals surface area (Å²) in [4.78, 5) is 0. The molecule has 0 saturated carbocycles. The number of hydrogen-bond acceptors (Lipinski definition) is 0. The van der Waals surface area contributed by atoms with Crippen LogP contribution in [0.2, 0.25) is 0 Å². The molecule has 0 heteroatoms. The van der Waals surface area contributed by atoms with E-state index in [1.54, 1.807) is 0 Å². The van der Waals surface area contributed by atoms with Crippen LogP contribution < -0.4 is 0 Å². The van der Waals surface area contributed by atoms with E-state index in [9.17, 15) is 0 Å². The molecule has 0 N–H and O–H groups in total. The highest BCUT2D eigenvalue weighted by Crippen LogP contribution is 2.33. The SMILES string of the molecule is C=C(CCCC(C)C(=C)c1cc(C)ccc1C)CC(C)C(C)c1ccc(C)c(C(=C)C)c1. The molecule has 0 saturated heterocycles. The molecule has 2 aromatic carbocycles. The minimum atomic E-state index is 0.493. The van der Waals surface area contributed by atoms with Gasteiger partial charge < -0.3 is 0 Å². The van der Waals surface area contributed by atoms with E-state index in [-0.39, 0.29) is 0 Å². The maximum Gasteiger partial charge on any atom is -0.0161 e. The molecule has 0 radical (unpaired) electrons. The molecule has 2 aromatic rings. The van der Waals surface area contributed by atoms with E-state index >= 15 is 0 Å². The van der Waals surface area contributed by atoms with Crippen molar-refractivity contribution >= 4 is 11.1 Å². The third-order valence-corrected chi connectivity index (χ3v) is 7.21. The number of rotatable bonds is 11. The molecule has 3 atom stereocenters. The highest BCUT2D eigenvalue weighted by molar-refractivity contribution is 5.68. The van der Waals surface area contributed by atoms with Gasteiger partial charge in [-0.1, -0.05) is 93.6 Å². The first-order valence-electron chi connectivity index (χ1n) is 12.2. The van der Waals surface area contributed by atoms with Crippen molar-refractivity contribution in [3.8, 4) is 0 Å². The summed E-state index contributed by atoms with van der Waals surface area (Å²) in [6.45, 7) is 28.6. The Morgan fingerprint density at radius 2 is 1.47 bits per heavy atom. The Labute approximate surface area is 198 Å². The van der Waals surface area contributed by atoms with E-state index in [4.69, 9.17) is 0 Å². The lowest BCUT2D eigenvalue weighted by Gasteiger charge is -2.23. The summed E-state index contributed by atoms with van der Waals surface area (Å²) >= 11 is 0. The highest BCUT2D eigenvalue weighted by Gasteiger charge is 2.17. The molecule has 0 aliphatic carbocycles. The van der Waals surface area contributed by atoms with Gasteiger partial charge in [0.05, 0.1) is 0 Å². The van der Waals surface area contributed by atoms with Crippen molar-refractivity contribution in [3.63, 3.8) is 0 Å². The number of benzene rings is 2. The topological polar surface area (TPSA) is 0 Å². The Kier molecular flexibility index (Phi) is 9.32. The summed E-state index contributed by atoms with van der Waals surface area (Å²) in [7, 11) is 0. The molecule has 172 valence electrons. The summed E-state index contributed by atoms with van der Waals surface area (Å²) in [6, 6.07) is 13.5. The van der Waals surface area contributed by atoms with E-state index in [2.05, 4.69) is 105 Å². The zero-order chi connectivity index (χ0) is 24.0. The molecule has 3 unspecified atom stereocenters. The van der Waals surface area contributed by atoms with Gasteiger partial charge in [-0.3, -0.25) is 0 Å². The molecule has 32 heavy (non-hydrogen) atoms. The van der Waals surface area contributed by atoms with Gasteiger partial charge >= 0.3 is 0 Å². The number of allylic oxidation sites excluding steroid dienone is 3. The van der Waals surface area contributed by atoms with Crippen molar-refractivity contribution < 1.29 is 0 Å². The second kappa shape index (κ2) is 11.5. The lowest BCUT2D eigenvalue weighted by atomic mass is 9.82. The summed E-state index contributed by atoms with van der Waals surface area (Å²) in [5.74, 6) is 1.58. The average Bonchev–Trinajstić information content (AvgIpc) is 2.74. The van der Waals surface area contributed by atoms with Crippen LogP contribution in [0.15, 0.2) is 61.7 Å². The van der Waals surface area contributed by atoms with E-state index in [0.717, 1.165) is 24.8 Å². The van der Waals surface area contributed by atoms with E-state index in [0.29, 0.717) is 17.8 Å². The fraction of sp³-hybridized carbons (Fsp3) is 0.438. The molecule has 0 aliphatic heterocycles. The minimum Gasteiger partial charge on any atom is -0.0999 e. The Hall–Kier alpha value is -2.34. The fourth-order valence-corrected chi connectivity index (χ4v) is 4.63. The van der Waals surface area contributed by atoms with Crippen molar-refractivity contribution in [1.82, 2.24) is 0 Å². The van der Waals surface area contributed by atoms with Crippen LogP contribution in [0.3, 0.4) is 0 Å². The van der Waals surface area contributed by atoms with Crippen molar-refractivity contribution in [2.75, 3.05) is 0 Å². The zero-order valence-corrected chi connectivity index (χ0v) is 21.6. The maximum atomic E-state index is 4.43.